The van der Waals surface area contributed by atoms with E-state index in [1.165, 1.54) is 11.9 Å². The highest BCUT2D eigenvalue weighted by Crippen LogP contribution is 2.25. The predicted octanol–water partition coefficient (Wildman–Crippen LogP) is 1.54. The number of likely N-dealkylation sites (N-methyl/N-ethyl adjacent to an activating group) is 1. The molecule has 0 N–H and O–H groups in total. The van der Waals surface area contributed by atoms with Crippen molar-refractivity contribution >= 4 is 32.7 Å². The van der Waals surface area contributed by atoms with Gasteiger partial charge in [-0.05, 0) is 19.4 Å². The van der Waals surface area contributed by atoms with Gasteiger partial charge in [0.1, 0.15) is 5.58 Å². The maximum absolute atomic E-state index is 12.2. The monoisotopic (exact) mass is 365 g/mol. The second-order valence-corrected chi connectivity index (χ2v) is 8.42. The molecule has 1 aromatic heterocycles. The normalized spacial score (nSPS) is 19.0. The molecule has 3 rings (SSSR count). The van der Waals surface area contributed by atoms with Gasteiger partial charge in [-0.1, -0.05) is 18.2 Å². The molecule has 1 atom stereocenters. The van der Waals surface area contributed by atoms with Gasteiger partial charge in [-0.3, -0.25) is 4.79 Å². The van der Waals surface area contributed by atoms with Crippen LogP contribution < -0.4 is 0 Å². The predicted molar refractivity (Wildman–Crippen MR) is 91.1 cm³/mol. The van der Waals surface area contributed by atoms with E-state index in [1.54, 1.807) is 19.1 Å². The number of ether oxygens (including phenoxy) is 1. The van der Waals surface area contributed by atoms with Gasteiger partial charge in [0.2, 0.25) is 5.76 Å². The molecular formula is C17H19NO6S. The van der Waals surface area contributed by atoms with Crippen LogP contribution in [-0.2, 0) is 19.4 Å². The first-order chi connectivity index (χ1) is 11.8. The van der Waals surface area contributed by atoms with Crippen LogP contribution in [0.25, 0.3) is 11.0 Å². The highest BCUT2D eigenvalue weighted by molar-refractivity contribution is 7.91. The van der Waals surface area contributed by atoms with Crippen molar-refractivity contribution in [2.45, 2.75) is 19.4 Å². The second-order valence-electron chi connectivity index (χ2n) is 6.19. The molecule has 2 heterocycles. The van der Waals surface area contributed by atoms with Crippen LogP contribution in [0.3, 0.4) is 0 Å². The first-order valence-electron chi connectivity index (χ1n) is 7.90. The van der Waals surface area contributed by atoms with Gasteiger partial charge >= 0.3 is 5.97 Å². The van der Waals surface area contributed by atoms with Crippen molar-refractivity contribution in [3.8, 4) is 0 Å². The van der Waals surface area contributed by atoms with Crippen molar-refractivity contribution in [1.29, 1.82) is 0 Å². The topological polar surface area (TPSA) is 93.9 Å². The first kappa shape index (κ1) is 17.5. The van der Waals surface area contributed by atoms with Gasteiger partial charge in [-0.2, -0.15) is 0 Å². The summed E-state index contributed by atoms with van der Waals surface area (Å²) in [4.78, 5) is 25.7. The largest absolute Gasteiger partial charge is 0.450 e. The number of benzene rings is 1. The van der Waals surface area contributed by atoms with Gasteiger partial charge in [0.15, 0.2) is 16.4 Å². The zero-order valence-corrected chi connectivity index (χ0v) is 14.8. The minimum atomic E-state index is -3.09. The minimum absolute atomic E-state index is 0.0497. The molecule has 0 bridgehead atoms. The quantitative estimate of drug-likeness (QED) is 0.763. The lowest BCUT2D eigenvalue weighted by molar-refractivity contribution is -0.134. The van der Waals surface area contributed by atoms with E-state index in [0.29, 0.717) is 17.6 Å². The number of para-hydroxylation sites is 1. The molecule has 7 nitrogen and oxygen atoms in total. The molecule has 134 valence electrons. The van der Waals surface area contributed by atoms with Gasteiger partial charge in [0.25, 0.3) is 5.91 Å². The lowest BCUT2D eigenvalue weighted by Gasteiger charge is -2.23. The molecule has 1 aliphatic rings. The summed E-state index contributed by atoms with van der Waals surface area (Å²) in [5.74, 6) is -1.06. The molecule has 8 heteroatoms. The van der Waals surface area contributed by atoms with Crippen LogP contribution in [-0.4, -0.2) is 56.4 Å². The molecule has 25 heavy (non-hydrogen) atoms. The summed E-state index contributed by atoms with van der Waals surface area (Å²) in [7, 11) is -1.56. The summed E-state index contributed by atoms with van der Waals surface area (Å²) in [6.45, 7) is 1.29. The standard InChI is InChI=1S/C17H19NO6S/c1-11-13-5-3-4-6-14(13)24-16(11)17(20)23-9-15(19)18(2)12-7-8-25(21,22)10-12/h3-6,12H,7-10H2,1-2H3. The van der Waals surface area contributed by atoms with Crippen molar-refractivity contribution < 1.29 is 27.2 Å². The fraction of sp³-hybridized carbons (Fsp3) is 0.412. The third-order valence-corrected chi connectivity index (χ3v) is 6.26. The summed E-state index contributed by atoms with van der Waals surface area (Å²) < 4.78 is 33.6. The van der Waals surface area contributed by atoms with E-state index >= 15 is 0 Å². The molecule has 1 aliphatic heterocycles. The average Bonchev–Trinajstić information content (AvgIpc) is 3.12. The molecular weight excluding hydrogens is 346 g/mol. The Kier molecular flexibility index (Phi) is 4.55. The molecule has 0 spiro atoms. The van der Waals surface area contributed by atoms with E-state index in [2.05, 4.69) is 0 Å². The summed E-state index contributed by atoms with van der Waals surface area (Å²) in [5.41, 5.74) is 1.23. The van der Waals surface area contributed by atoms with Gasteiger partial charge in [-0.15, -0.1) is 0 Å². The zero-order chi connectivity index (χ0) is 18.2. The number of furan rings is 1. The molecule has 1 saturated heterocycles. The Bertz CT molecular complexity index is 930. The SMILES string of the molecule is Cc1c(C(=O)OCC(=O)N(C)C2CCS(=O)(=O)C2)oc2ccccc12. The fourth-order valence-electron chi connectivity index (χ4n) is 2.95. The Morgan fingerprint density at radius 2 is 2.04 bits per heavy atom. The van der Waals surface area contributed by atoms with Crippen LogP contribution in [0.4, 0.5) is 0 Å². The van der Waals surface area contributed by atoms with E-state index < -0.39 is 28.3 Å². The Labute approximate surface area is 145 Å². The number of amides is 1. The summed E-state index contributed by atoms with van der Waals surface area (Å²) in [6, 6.07) is 6.86. The van der Waals surface area contributed by atoms with E-state index in [1.807, 2.05) is 12.1 Å². The molecule has 0 saturated carbocycles. The smallest absolute Gasteiger partial charge is 0.375 e. The van der Waals surface area contributed by atoms with Crippen LogP contribution >= 0.6 is 0 Å². The van der Waals surface area contributed by atoms with Gasteiger partial charge < -0.3 is 14.1 Å². The van der Waals surface area contributed by atoms with Crippen molar-refractivity contribution in [3.05, 3.63) is 35.6 Å². The fourth-order valence-corrected chi connectivity index (χ4v) is 4.72. The van der Waals surface area contributed by atoms with E-state index in [0.717, 1.165) is 5.39 Å². The molecule has 1 fully saturated rings. The lowest BCUT2D eigenvalue weighted by atomic mass is 10.1. The Morgan fingerprint density at radius 1 is 1.32 bits per heavy atom. The first-order valence-corrected chi connectivity index (χ1v) is 9.72. The third-order valence-electron chi connectivity index (χ3n) is 4.51. The number of carbonyl (C=O) groups is 2. The Balaban J connectivity index is 1.63. The van der Waals surface area contributed by atoms with E-state index in [4.69, 9.17) is 9.15 Å². The molecule has 0 aliphatic carbocycles. The number of hydrogen-bond acceptors (Lipinski definition) is 6. The number of esters is 1. The van der Waals surface area contributed by atoms with Crippen LogP contribution in [0.1, 0.15) is 22.5 Å². The van der Waals surface area contributed by atoms with Crippen molar-refractivity contribution in [1.82, 2.24) is 4.90 Å². The van der Waals surface area contributed by atoms with E-state index in [-0.39, 0.29) is 23.3 Å². The minimum Gasteiger partial charge on any atom is -0.450 e. The number of nitrogens with zero attached hydrogens (tertiary/aromatic N) is 1. The highest BCUT2D eigenvalue weighted by Gasteiger charge is 2.33. The lowest BCUT2D eigenvalue weighted by Crippen LogP contribution is -2.40. The number of aryl methyl sites for hydroxylation is 1. The van der Waals surface area contributed by atoms with Gasteiger partial charge in [-0.25, -0.2) is 13.2 Å². The molecule has 0 radical (unpaired) electrons. The average molecular weight is 365 g/mol. The molecule has 2 aromatic rings. The summed E-state index contributed by atoms with van der Waals surface area (Å²) in [5, 5.41) is 0.814. The maximum atomic E-state index is 12.2. The molecule has 1 amide bonds. The zero-order valence-electron chi connectivity index (χ0n) is 14.0. The molecule has 1 unspecified atom stereocenters. The van der Waals surface area contributed by atoms with Crippen molar-refractivity contribution in [2.75, 3.05) is 25.2 Å². The van der Waals surface area contributed by atoms with Crippen LogP contribution in [0.15, 0.2) is 28.7 Å². The molecule has 1 aromatic carbocycles. The van der Waals surface area contributed by atoms with Gasteiger partial charge in [0.05, 0.1) is 11.5 Å². The number of fused-ring (bicyclic) bond motifs is 1. The van der Waals surface area contributed by atoms with Crippen molar-refractivity contribution in [2.24, 2.45) is 0 Å². The third kappa shape index (κ3) is 3.53. The van der Waals surface area contributed by atoms with Crippen LogP contribution in [0, 0.1) is 6.92 Å². The Morgan fingerprint density at radius 3 is 2.68 bits per heavy atom. The van der Waals surface area contributed by atoms with Gasteiger partial charge in [0, 0.05) is 24.0 Å². The summed E-state index contributed by atoms with van der Waals surface area (Å²) in [6.07, 6.45) is 0.404. The number of carbonyl (C=O) groups excluding carboxylic acids is 2. The number of hydrogen-bond donors (Lipinski definition) is 0. The second kappa shape index (κ2) is 6.51. The maximum Gasteiger partial charge on any atom is 0.375 e. The van der Waals surface area contributed by atoms with Crippen LogP contribution in [0.5, 0.6) is 0 Å². The summed E-state index contributed by atoms with van der Waals surface area (Å²) >= 11 is 0. The van der Waals surface area contributed by atoms with E-state index in [9.17, 15) is 18.0 Å². The number of sulfone groups is 1. The number of rotatable bonds is 4. The van der Waals surface area contributed by atoms with Crippen molar-refractivity contribution in [3.63, 3.8) is 0 Å². The Hall–Kier alpha value is -2.35. The van der Waals surface area contributed by atoms with Crippen LogP contribution in [0.2, 0.25) is 0 Å². The highest BCUT2D eigenvalue weighted by atomic mass is 32.2.